The molecule has 2 aliphatic heterocycles. The van der Waals surface area contributed by atoms with Gasteiger partial charge in [0, 0.05) is 5.56 Å². The summed E-state index contributed by atoms with van der Waals surface area (Å²) in [6.45, 7) is 5.67. The molecule has 0 unspecified atom stereocenters. The van der Waals surface area contributed by atoms with Crippen molar-refractivity contribution in [1.29, 1.82) is 5.41 Å². The van der Waals surface area contributed by atoms with Gasteiger partial charge < -0.3 is 14.2 Å². The zero-order valence-corrected chi connectivity index (χ0v) is 24.7. The van der Waals surface area contributed by atoms with Gasteiger partial charge in [0.2, 0.25) is 5.17 Å². The molecular weight excluding hydrogens is 548 g/mol. The number of aliphatic imine (C=N–C) groups is 1. The Morgan fingerprint density at radius 3 is 2.26 bits per heavy atom. The summed E-state index contributed by atoms with van der Waals surface area (Å²) in [5.74, 6) is 1.75. The minimum absolute atomic E-state index is 0.00718. The molecule has 1 N–H and O–H groups in total. The molecular formula is C33H34N4O4S. The van der Waals surface area contributed by atoms with Crippen LogP contribution in [-0.2, 0) is 4.79 Å². The Labute approximate surface area is 250 Å². The highest BCUT2D eigenvalue weighted by molar-refractivity contribution is 8.27. The first kappa shape index (κ1) is 29.1. The molecule has 2 heterocycles. The van der Waals surface area contributed by atoms with Crippen LogP contribution in [0.3, 0.4) is 0 Å². The van der Waals surface area contributed by atoms with Crippen molar-refractivity contribution in [2.75, 3.05) is 19.8 Å². The van der Waals surface area contributed by atoms with Crippen molar-refractivity contribution < 1.29 is 19.0 Å². The molecule has 3 aromatic rings. The van der Waals surface area contributed by atoms with E-state index in [2.05, 4.69) is 17.0 Å². The molecule has 3 aromatic carbocycles. The molecule has 8 nitrogen and oxygen atoms in total. The fourth-order valence-corrected chi connectivity index (χ4v) is 5.23. The second-order valence-electron chi connectivity index (χ2n) is 9.94. The van der Waals surface area contributed by atoms with Gasteiger partial charge in [0.25, 0.3) is 5.91 Å². The number of hydrazone groups is 1. The van der Waals surface area contributed by atoms with Crippen molar-refractivity contribution in [2.24, 2.45) is 10.1 Å². The quantitative estimate of drug-likeness (QED) is 0.171. The molecule has 9 heteroatoms. The normalized spacial score (nSPS) is 15.4. The summed E-state index contributed by atoms with van der Waals surface area (Å²) in [5.41, 5.74) is 2.96. The van der Waals surface area contributed by atoms with Crippen molar-refractivity contribution in [3.63, 3.8) is 0 Å². The molecule has 5 rings (SSSR count). The number of nitrogens with zero attached hydrogens (tertiary/aromatic N) is 3. The molecule has 216 valence electrons. The summed E-state index contributed by atoms with van der Waals surface area (Å²) in [4.78, 5) is 17.0. The average molecular weight is 583 g/mol. The number of amidine groups is 2. The van der Waals surface area contributed by atoms with E-state index in [9.17, 15) is 4.79 Å². The van der Waals surface area contributed by atoms with E-state index in [0.717, 1.165) is 41.2 Å². The van der Waals surface area contributed by atoms with Crippen LogP contribution in [0.4, 0.5) is 0 Å². The smallest absolute Gasteiger partial charge is 0.283 e. The number of hydrogen-bond donors (Lipinski definition) is 1. The van der Waals surface area contributed by atoms with Gasteiger partial charge in [0.05, 0.1) is 12.2 Å². The van der Waals surface area contributed by atoms with E-state index in [1.807, 2.05) is 79.7 Å². The molecule has 2 aliphatic rings. The number of unbranched alkanes of at least 4 members (excludes halogenated alkanes) is 3. The van der Waals surface area contributed by atoms with Crippen LogP contribution < -0.4 is 14.2 Å². The predicted octanol–water partition coefficient (Wildman–Crippen LogP) is 7.08. The lowest BCUT2D eigenvalue weighted by molar-refractivity contribution is -0.114. The first-order valence-electron chi connectivity index (χ1n) is 14.2. The molecule has 0 spiro atoms. The average Bonchev–Trinajstić information content (AvgIpc) is 3.43. The van der Waals surface area contributed by atoms with Crippen molar-refractivity contribution in [1.82, 2.24) is 5.01 Å². The molecule has 0 radical (unpaired) electrons. The maximum atomic E-state index is 12.8. The third-order valence-corrected chi connectivity index (χ3v) is 7.59. The van der Waals surface area contributed by atoms with Crippen LogP contribution in [0.2, 0.25) is 0 Å². The van der Waals surface area contributed by atoms with E-state index in [1.165, 1.54) is 36.0 Å². The number of fused-ring (bicyclic) bond motifs is 1. The summed E-state index contributed by atoms with van der Waals surface area (Å²) >= 11 is 1.29. The molecule has 0 aromatic heterocycles. The van der Waals surface area contributed by atoms with Crippen LogP contribution in [0.25, 0.3) is 6.08 Å². The van der Waals surface area contributed by atoms with Gasteiger partial charge in [-0.2, -0.15) is 15.1 Å². The number of aryl methyl sites for hydroxylation is 1. The highest BCUT2D eigenvalue weighted by Gasteiger charge is 2.36. The van der Waals surface area contributed by atoms with E-state index in [4.69, 9.17) is 19.6 Å². The Morgan fingerprint density at radius 2 is 1.55 bits per heavy atom. The Hall–Kier alpha value is -4.37. The van der Waals surface area contributed by atoms with Gasteiger partial charge in [-0.25, -0.2) is 0 Å². The number of thioether (sulfide) groups is 1. The van der Waals surface area contributed by atoms with Gasteiger partial charge >= 0.3 is 0 Å². The highest BCUT2D eigenvalue weighted by Crippen LogP contribution is 2.31. The third-order valence-electron chi connectivity index (χ3n) is 6.63. The SMILES string of the molecule is CCCCCCOc1ccc(OCCOc2cccc(/C=C3/C(=N)N4N=C(c5ccc(C)cc5)SC4=NC3=O)c2)cc1. The number of benzene rings is 3. The van der Waals surface area contributed by atoms with Gasteiger partial charge in [-0.15, -0.1) is 0 Å². The van der Waals surface area contributed by atoms with Crippen LogP contribution in [0.1, 0.15) is 49.3 Å². The summed E-state index contributed by atoms with van der Waals surface area (Å²) in [7, 11) is 0. The predicted molar refractivity (Wildman–Crippen MR) is 169 cm³/mol. The summed E-state index contributed by atoms with van der Waals surface area (Å²) in [5, 5.41) is 15.7. The lowest BCUT2D eigenvalue weighted by Gasteiger charge is -2.20. The van der Waals surface area contributed by atoms with Crippen LogP contribution in [0, 0.1) is 12.3 Å². The molecule has 0 aliphatic carbocycles. The Kier molecular flexibility index (Phi) is 9.71. The number of carbonyl (C=O) groups is 1. The third kappa shape index (κ3) is 7.47. The molecule has 1 amide bonds. The van der Waals surface area contributed by atoms with Crippen LogP contribution in [0.5, 0.6) is 17.2 Å². The fourth-order valence-electron chi connectivity index (χ4n) is 4.34. The fraction of sp³-hybridized carbons (Fsp3) is 0.273. The van der Waals surface area contributed by atoms with E-state index in [0.29, 0.717) is 29.2 Å². The number of ether oxygens (including phenoxy) is 3. The number of carbonyl (C=O) groups excluding carboxylic acids is 1. The number of rotatable bonds is 13. The standard InChI is InChI=1S/C33H34N4O4S/c1-3-4-5-6-18-39-26-14-16-27(17-15-26)40-19-20-41-28-9-7-8-24(21-28)22-29-30(34)37-33(35-31(29)38)42-32(36-37)25-12-10-23(2)11-13-25/h7-17,21-22,34H,3-6,18-20H2,1-2H3/b29-22-,34-30?. The number of hydrogen-bond acceptors (Lipinski definition) is 7. The van der Waals surface area contributed by atoms with Crippen LogP contribution in [0.15, 0.2) is 88.5 Å². The zero-order chi connectivity index (χ0) is 29.3. The minimum atomic E-state index is -0.466. The lowest BCUT2D eigenvalue weighted by atomic mass is 10.1. The van der Waals surface area contributed by atoms with Crippen molar-refractivity contribution >= 4 is 39.8 Å². The Bertz CT molecular complexity index is 1510. The topological polar surface area (TPSA) is 96.6 Å². The van der Waals surface area contributed by atoms with E-state index < -0.39 is 5.91 Å². The van der Waals surface area contributed by atoms with Crippen molar-refractivity contribution in [3.8, 4) is 17.2 Å². The Morgan fingerprint density at radius 1 is 0.857 bits per heavy atom. The Balaban J connectivity index is 1.14. The molecule has 0 fully saturated rings. The maximum Gasteiger partial charge on any atom is 0.283 e. The summed E-state index contributed by atoms with van der Waals surface area (Å²) in [6, 6.07) is 22.9. The number of amides is 1. The van der Waals surface area contributed by atoms with E-state index in [1.54, 1.807) is 6.08 Å². The number of nitrogens with one attached hydrogen (secondary N) is 1. The van der Waals surface area contributed by atoms with Gasteiger partial charge in [-0.05, 0) is 73.1 Å². The molecule has 0 atom stereocenters. The molecule has 42 heavy (non-hydrogen) atoms. The maximum absolute atomic E-state index is 12.8. The van der Waals surface area contributed by atoms with Crippen molar-refractivity contribution in [3.05, 3.63) is 95.1 Å². The summed E-state index contributed by atoms with van der Waals surface area (Å²) in [6.07, 6.45) is 6.36. The molecule has 0 saturated carbocycles. The monoisotopic (exact) mass is 582 g/mol. The molecule has 0 saturated heterocycles. The van der Waals surface area contributed by atoms with E-state index in [-0.39, 0.29) is 11.4 Å². The summed E-state index contributed by atoms with van der Waals surface area (Å²) < 4.78 is 17.5. The zero-order valence-electron chi connectivity index (χ0n) is 23.8. The first-order valence-corrected chi connectivity index (χ1v) is 15.0. The second kappa shape index (κ2) is 14.0. The molecule has 0 bridgehead atoms. The lowest BCUT2D eigenvalue weighted by Crippen LogP contribution is -2.35. The van der Waals surface area contributed by atoms with Gasteiger partial charge in [0.1, 0.15) is 35.5 Å². The van der Waals surface area contributed by atoms with Gasteiger partial charge in [-0.3, -0.25) is 10.2 Å². The first-order chi connectivity index (χ1) is 20.5. The minimum Gasteiger partial charge on any atom is -0.494 e. The van der Waals surface area contributed by atoms with Crippen LogP contribution >= 0.6 is 11.8 Å². The van der Waals surface area contributed by atoms with E-state index >= 15 is 0 Å². The van der Waals surface area contributed by atoms with Gasteiger partial charge in [-0.1, -0.05) is 68.1 Å². The van der Waals surface area contributed by atoms with Gasteiger partial charge in [0.15, 0.2) is 5.84 Å². The highest BCUT2D eigenvalue weighted by atomic mass is 32.2. The second-order valence-corrected chi connectivity index (χ2v) is 10.9. The van der Waals surface area contributed by atoms with Crippen molar-refractivity contribution in [2.45, 2.75) is 39.5 Å². The largest absolute Gasteiger partial charge is 0.494 e. The van der Waals surface area contributed by atoms with Crippen LogP contribution in [-0.4, -0.2) is 46.8 Å².